The lowest BCUT2D eigenvalue weighted by atomic mass is 10.3. The molecule has 0 radical (unpaired) electrons. The SMILES string of the molecule is OC1(C#Cc2cncnc2)CC1. The van der Waals surface area contributed by atoms with Crippen LogP contribution in [0.1, 0.15) is 18.4 Å². The molecule has 1 N–H and O–H groups in total. The van der Waals surface area contributed by atoms with Gasteiger partial charge in [0.1, 0.15) is 11.9 Å². The average molecular weight is 160 g/mol. The zero-order chi connectivity index (χ0) is 8.44. The third kappa shape index (κ3) is 1.60. The molecule has 0 unspecified atom stereocenters. The molecule has 1 aromatic rings. The highest BCUT2D eigenvalue weighted by Gasteiger charge is 2.38. The molecule has 1 aliphatic carbocycles. The van der Waals surface area contributed by atoms with Crippen LogP contribution in [-0.2, 0) is 0 Å². The molecule has 1 saturated carbocycles. The van der Waals surface area contributed by atoms with E-state index in [2.05, 4.69) is 21.8 Å². The summed E-state index contributed by atoms with van der Waals surface area (Å²) in [6.07, 6.45) is 6.29. The summed E-state index contributed by atoms with van der Waals surface area (Å²) in [5, 5.41) is 9.38. The van der Waals surface area contributed by atoms with Crippen molar-refractivity contribution in [1.82, 2.24) is 9.97 Å². The number of nitrogens with zero attached hydrogens (tertiary/aromatic N) is 2. The summed E-state index contributed by atoms with van der Waals surface area (Å²) in [5.41, 5.74) is 0.0355. The van der Waals surface area contributed by atoms with Crippen molar-refractivity contribution in [3.05, 3.63) is 24.3 Å². The topological polar surface area (TPSA) is 46.0 Å². The van der Waals surface area contributed by atoms with Crippen molar-refractivity contribution < 1.29 is 5.11 Å². The second-order valence-corrected chi connectivity index (χ2v) is 2.91. The molecule has 1 fully saturated rings. The van der Waals surface area contributed by atoms with Crippen molar-refractivity contribution in [3.63, 3.8) is 0 Å². The Hall–Kier alpha value is -1.40. The predicted molar refractivity (Wildman–Crippen MR) is 43.1 cm³/mol. The van der Waals surface area contributed by atoms with Crippen LogP contribution in [0.4, 0.5) is 0 Å². The molecule has 0 spiro atoms. The molecule has 2 rings (SSSR count). The lowest BCUT2D eigenvalue weighted by Gasteiger charge is -1.91. The molecule has 3 nitrogen and oxygen atoms in total. The molecule has 0 aliphatic heterocycles. The number of rotatable bonds is 0. The molecule has 1 aromatic heterocycles. The van der Waals surface area contributed by atoms with Gasteiger partial charge in [-0.05, 0) is 12.8 Å². The number of aliphatic hydroxyl groups is 1. The summed E-state index contributed by atoms with van der Waals surface area (Å²) in [4.78, 5) is 7.62. The third-order valence-electron chi connectivity index (χ3n) is 1.72. The molecular weight excluding hydrogens is 152 g/mol. The summed E-state index contributed by atoms with van der Waals surface area (Å²) in [5.74, 6) is 5.60. The first-order valence-electron chi connectivity index (χ1n) is 3.79. The van der Waals surface area contributed by atoms with Gasteiger partial charge in [-0.15, -0.1) is 0 Å². The predicted octanol–water partition coefficient (Wildman–Crippen LogP) is 0.353. The summed E-state index contributed by atoms with van der Waals surface area (Å²) >= 11 is 0. The Labute approximate surface area is 70.5 Å². The number of hydrogen-bond acceptors (Lipinski definition) is 3. The van der Waals surface area contributed by atoms with Crippen LogP contribution in [0.3, 0.4) is 0 Å². The van der Waals surface area contributed by atoms with Crippen molar-refractivity contribution in [2.45, 2.75) is 18.4 Å². The van der Waals surface area contributed by atoms with Gasteiger partial charge in [0, 0.05) is 12.4 Å². The van der Waals surface area contributed by atoms with E-state index in [1.165, 1.54) is 6.33 Å². The van der Waals surface area contributed by atoms with E-state index in [0.29, 0.717) is 0 Å². The van der Waals surface area contributed by atoms with E-state index in [9.17, 15) is 5.11 Å². The van der Waals surface area contributed by atoms with Gasteiger partial charge in [0.2, 0.25) is 0 Å². The Bertz CT molecular complexity index is 333. The summed E-state index contributed by atoms with van der Waals surface area (Å²) in [6, 6.07) is 0. The van der Waals surface area contributed by atoms with E-state index in [0.717, 1.165) is 18.4 Å². The first-order valence-corrected chi connectivity index (χ1v) is 3.79. The molecule has 0 aromatic carbocycles. The molecule has 12 heavy (non-hydrogen) atoms. The van der Waals surface area contributed by atoms with E-state index in [1.807, 2.05) is 0 Å². The van der Waals surface area contributed by atoms with Crippen LogP contribution in [0.5, 0.6) is 0 Å². The first-order chi connectivity index (χ1) is 5.79. The van der Waals surface area contributed by atoms with Gasteiger partial charge in [0.25, 0.3) is 0 Å². The van der Waals surface area contributed by atoms with Gasteiger partial charge >= 0.3 is 0 Å². The lowest BCUT2D eigenvalue weighted by molar-refractivity contribution is 0.212. The fourth-order valence-corrected chi connectivity index (χ4v) is 0.796. The van der Waals surface area contributed by atoms with Crippen LogP contribution in [0.25, 0.3) is 0 Å². The third-order valence-corrected chi connectivity index (χ3v) is 1.72. The van der Waals surface area contributed by atoms with E-state index in [4.69, 9.17) is 0 Å². The molecule has 3 heteroatoms. The highest BCUT2D eigenvalue weighted by atomic mass is 16.3. The van der Waals surface area contributed by atoms with Crippen molar-refractivity contribution in [2.75, 3.05) is 0 Å². The Morgan fingerprint density at radius 1 is 1.33 bits per heavy atom. The Kier molecular flexibility index (Phi) is 1.56. The van der Waals surface area contributed by atoms with Crippen LogP contribution in [0.15, 0.2) is 18.7 Å². The van der Waals surface area contributed by atoms with Crippen LogP contribution in [0.2, 0.25) is 0 Å². The van der Waals surface area contributed by atoms with Crippen LogP contribution in [-0.4, -0.2) is 20.7 Å². The van der Waals surface area contributed by atoms with Crippen LogP contribution >= 0.6 is 0 Å². The van der Waals surface area contributed by atoms with Crippen LogP contribution < -0.4 is 0 Å². The van der Waals surface area contributed by atoms with Crippen molar-refractivity contribution in [2.24, 2.45) is 0 Å². The summed E-state index contributed by atoms with van der Waals surface area (Å²) in [6.45, 7) is 0. The summed E-state index contributed by atoms with van der Waals surface area (Å²) in [7, 11) is 0. The van der Waals surface area contributed by atoms with Gasteiger partial charge in [-0.3, -0.25) is 0 Å². The largest absolute Gasteiger partial charge is 0.378 e. The maximum absolute atomic E-state index is 9.38. The van der Waals surface area contributed by atoms with Crippen molar-refractivity contribution in [1.29, 1.82) is 0 Å². The van der Waals surface area contributed by atoms with Gasteiger partial charge in [-0.25, -0.2) is 9.97 Å². The van der Waals surface area contributed by atoms with E-state index in [1.54, 1.807) is 12.4 Å². The minimum absolute atomic E-state index is 0.712. The molecule has 0 saturated heterocycles. The lowest BCUT2D eigenvalue weighted by Crippen LogP contribution is -2.00. The first kappa shape index (κ1) is 7.26. The van der Waals surface area contributed by atoms with Crippen molar-refractivity contribution >= 4 is 0 Å². The zero-order valence-corrected chi connectivity index (χ0v) is 6.49. The molecule has 0 bridgehead atoms. The summed E-state index contributed by atoms with van der Waals surface area (Å²) < 4.78 is 0. The van der Waals surface area contributed by atoms with E-state index < -0.39 is 5.60 Å². The minimum atomic E-state index is -0.712. The van der Waals surface area contributed by atoms with Crippen molar-refractivity contribution in [3.8, 4) is 11.8 Å². The molecule has 1 aliphatic rings. The van der Waals surface area contributed by atoms with Crippen LogP contribution in [0, 0.1) is 11.8 Å². The molecule has 0 amide bonds. The Morgan fingerprint density at radius 2 is 2.00 bits per heavy atom. The second-order valence-electron chi connectivity index (χ2n) is 2.91. The molecule has 1 heterocycles. The zero-order valence-electron chi connectivity index (χ0n) is 6.49. The normalized spacial score (nSPS) is 17.8. The van der Waals surface area contributed by atoms with Gasteiger partial charge in [0.05, 0.1) is 5.56 Å². The maximum atomic E-state index is 9.38. The van der Waals surface area contributed by atoms with Gasteiger partial charge in [-0.1, -0.05) is 11.8 Å². The van der Waals surface area contributed by atoms with E-state index >= 15 is 0 Å². The average Bonchev–Trinajstić information content (AvgIpc) is 2.84. The van der Waals surface area contributed by atoms with Gasteiger partial charge < -0.3 is 5.11 Å². The number of aromatic nitrogens is 2. The highest BCUT2D eigenvalue weighted by Crippen LogP contribution is 2.33. The Balaban J connectivity index is 2.16. The van der Waals surface area contributed by atoms with E-state index in [-0.39, 0.29) is 0 Å². The fourth-order valence-electron chi connectivity index (χ4n) is 0.796. The smallest absolute Gasteiger partial charge is 0.126 e. The maximum Gasteiger partial charge on any atom is 0.126 e. The molecule has 60 valence electrons. The monoisotopic (exact) mass is 160 g/mol. The van der Waals surface area contributed by atoms with Gasteiger partial charge in [-0.2, -0.15) is 0 Å². The Morgan fingerprint density at radius 3 is 2.58 bits per heavy atom. The molecule has 0 atom stereocenters. The van der Waals surface area contributed by atoms with Gasteiger partial charge in [0.15, 0.2) is 0 Å². The fraction of sp³-hybridized carbons (Fsp3) is 0.333. The number of hydrogen-bond donors (Lipinski definition) is 1. The minimum Gasteiger partial charge on any atom is -0.378 e. The molecular formula is C9H8N2O. The standard InChI is InChI=1S/C9H8N2O/c12-9(3-4-9)2-1-8-5-10-7-11-6-8/h5-7,12H,3-4H2. The second kappa shape index (κ2) is 2.58. The quantitative estimate of drug-likeness (QED) is 0.557. The highest BCUT2D eigenvalue weighted by molar-refractivity contribution is 5.34.